The second-order valence-electron chi connectivity index (χ2n) is 15.7. The number of nitro groups is 3. The maximum Gasteiger partial charge on any atom is 0.495 e. The van der Waals surface area contributed by atoms with Crippen molar-refractivity contribution in [2.75, 3.05) is 81.0 Å². The molecule has 0 heterocycles. The van der Waals surface area contributed by atoms with E-state index in [-0.39, 0.29) is 44.7 Å². The zero-order valence-corrected chi connectivity index (χ0v) is 42.4. The Balaban J connectivity index is 0.000000514. The van der Waals surface area contributed by atoms with Gasteiger partial charge in [-0.1, -0.05) is 18.2 Å². The maximum atomic E-state index is 11.9. The monoisotopic (exact) mass is 1080 g/mol. The minimum Gasteiger partial charge on any atom is -0.423 e. The first-order chi connectivity index (χ1) is 36.5. The molecule has 29 nitrogen and oxygen atoms in total. The molecule has 0 bridgehead atoms. The number of hydrogen-bond acceptors (Lipinski definition) is 22. The number of carbonyl (C=O) groups excluding carboxylic acids is 4. The third kappa shape index (κ3) is 25.9. The molecule has 0 spiro atoms. The van der Waals surface area contributed by atoms with Crippen molar-refractivity contribution in [2.45, 2.75) is 25.7 Å². The quantitative estimate of drug-likeness (QED) is 0.0118. The lowest BCUT2D eigenvalue weighted by Gasteiger charge is -2.07. The van der Waals surface area contributed by atoms with Crippen LogP contribution >= 0.6 is 0 Å². The molecule has 416 valence electrons. The van der Waals surface area contributed by atoms with Gasteiger partial charge in [-0.3, -0.25) is 49.5 Å². The Morgan fingerprint density at radius 3 is 1.22 bits per heavy atom. The van der Waals surface area contributed by atoms with Crippen molar-refractivity contribution in [3.63, 3.8) is 0 Å². The molecule has 0 aromatic heterocycles. The second kappa shape index (κ2) is 37.5. The Morgan fingerprint density at radius 1 is 0.429 bits per heavy atom. The summed E-state index contributed by atoms with van der Waals surface area (Å²) in [4.78, 5) is 77.3. The molecular formula is C44H61B4N7O22. The number of nitrogens with one attached hydrogen (secondary N) is 4. The van der Waals surface area contributed by atoms with Crippen LogP contribution in [0, 0.1) is 30.3 Å². The van der Waals surface area contributed by atoms with Crippen molar-refractivity contribution in [3.05, 3.63) is 131 Å². The van der Waals surface area contributed by atoms with Crippen LogP contribution in [0.1, 0.15) is 67.1 Å². The summed E-state index contributed by atoms with van der Waals surface area (Å²) in [6.07, 6.45) is 2.56. The molecule has 12 N–H and O–H groups in total. The van der Waals surface area contributed by atoms with Crippen molar-refractivity contribution in [1.29, 1.82) is 0 Å². The number of methoxy groups -OCH3 is 4. The van der Waals surface area contributed by atoms with Crippen LogP contribution < -0.4 is 43.1 Å². The molecule has 0 aliphatic carbocycles. The van der Waals surface area contributed by atoms with Crippen molar-refractivity contribution < 1.29 is 93.1 Å². The van der Waals surface area contributed by atoms with Crippen LogP contribution in [0.4, 0.5) is 17.1 Å². The molecule has 4 aromatic carbocycles. The highest BCUT2D eigenvalue weighted by atomic mass is 16.6. The number of amides is 4. The van der Waals surface area contributed by atoms with E-state index in [2.05, 4.69) is 21.3 Å². The van der Waals surface area contributed by atoms with Crippen molar-refractivity contribution in [3.8, 4) is 0 Å². The van der Waals surface area contributed by atoms with Crippen molar-refractivity contribution >= 4 is 91.0 Å². The van der Waals surface area contributed by atoms with Gasteiger partial charge in [-0.25, -0.2) is 0 Å². The Bertz CT molecular complexity index is 2510. The zero-order chi connectivity index (χ0) is 58.0. The standard InChI is InChI=1S/3C11H15BN2O6.C11H16BNO4/c1-20-6-2-5-13-11(15)9-7-8(12(16)17)3-4-10(9)14(18)19;1-20-6-2-5-13-11(15)8-3-4-10(14(18)19)9(7-8)12(16)17;1-20-4-2-3-13-11(15)8-5-9(12(16)17)7-10(6-8)14(18)19;1-17-8-2-7-13-11(14)9-3-5-10(6-4-9)12(15)16/h2*3-4,7,16-17H,2,5-6H2,1H3,(H,13,15);5-7,16-17H,2-4H2,1H3,(H,13,15);3-6,15-16H,2,7-8H2,1H3,(H,13,14). The van der Waals surface area contributed by atoms with Crippen molar-refractivity contribution in [2.24, 2.45) is 0 Å². The van der Waals surface area contributed by atoms with Gasteiger partial charge in [0.1, 0.15) is 5.56 Å². The van der Waals surface area contributed by atoms with Gasteiger partial charge in [0.05, 0.1) is 20.2 Å². The lowest BCUT2D eigenvalue weighted by Crippen LogP contribution is -2.34. The van der Waals surface area contributed by atoms with E-state index in [1.165, 1.54) is 44.6 Å². The fourth-order valence-electron chi connectivity index (χ4n) is 6.03. The van der Waals surface area contributed by atoms with Crippen molar-refractivity contribution in [1.82, 2.24) is 21.3 Å². The minimum absolute atomic E-state index is 0.000262. The van der Waals surface area contributed by atoms with Crippen LogP contribution in [-0.2, 0) is 18.9 Å². The first-order valence-electron chi connectivity index (χ1n) is 23.0. The summed E-state index contributed by atoms with van der Waals surface area (Å²) in [5.74, 6) is -1.79. The molecule has 0 aliphatic rings. The van der Waals surface area contributed by atoms with Crippen LogP contribution in [-0.4, -0.2) is 188 Å². The van der Waals surface area contributed by atoms with Crippen LogP contribution in [0.5, 0.6) is 0 Å². The highest BCUT2D eigenvalue weighted by molar-refractivity contribution is 6.60. The fourth-order valence-corrected chi connectivity index (χ4v) is 6.03. The van der Waals surface area contributed by atoms with E-state index in [0.717, 1.165) is 42.8 Å². The van der Waals surface area contributed by atoms with E-state index in [4.69, 9.17) is 59.1 Å². The first kappa shape index (κ1) is 67.8. The highest BCUT2D eigenvalue weighted by Gasteiger charge is 2.26. The second-order valence-corrected chi connectivity index (χ2v) is 15.7. The van der Waals surface area contributed by atoms with Crippen LogP contribution in [0.25, 0.3) is 0 Å². The SMILES string of the molecule is COCCCNC(=O)c1cc(B(O)O)cc([N+](=O)[O-])c1.COCCCNC(=O)c1cc(B(O)O)ccc1[N+](=O)[O-].COCCCNC(=O)c1ccc(B(O)O)cc1.COCCCNC(=O)c1ccc([N+](=O)[O-])c(B(O)O)c1. The summed E-state index contributed by atoms with van der Waals surface area (Å²) in [6, 6.07) is 16.2. The van der Waals surface area contributed by atoms with Crippen LogP contribution in [0.2, 0.25) is 0 Å². The number of non-ortho nitro benzene ring substituents is 1. The zero-order valence-electron chi connectivity index (χ0n) is 42.4. The van der Waals surface area contributed by atoms with Crippen LogP contribution in [0.15, 0.2) is 78.9 Å². The third-order valence-electron chi connectivity index (χ3n) is 9.95. The smallest absolute Gasteiger partial charge is 0.423 e. The molecule has 0 fully saturated rings. The van der Waals surface area contributed by atoms with Gasteiger partial charge >= 0.3 is 28.5 Å². The Kier molecular flexibility index (Phi) is 33.0. The highest BCUT2D eigenvalue weighted by Crippen LogP contribution is 2.17. The number of benzene rings is 4. The predicted octanol–water partition coefficient (Wildman–Crippen LogP) is -3.74. The van der Waals surface area contributed by atoms with E-state index < -0.39 is 72.3 Å². The molecule has 0 unspecified atom stereocenters. The van der Waals surface area contributed by atoms with Gasteiger partial charge in [0, 0.05) is 122 Å². The van der Waals surface area contributed by atoms with E-state index in [1.54, 1.807) is 26.4 Å². The van der Waals surface area contributed by atoms with Gasteiger partial charge in [-0.15, -0.1) is 0 Å². The van der Waals surface area contributed by atoms with Crippen LogP contribution in [0.3, 0.4) is 0 Å². The summed E-state index contributed by atoms with van der Waals surface area (Å²) < 4.78 is 19.3. The lowest BCUT2D eigenvalue weighted by atomic mass is 9.78. The van der Waals surface area contributed by atoms with Gasteiger partial charge < -0.3 is 80.4 Å². The molecule has 0 aliphatic heterocycles. The van der Waals surface area contributed by atoms with E-state index in [9.17, 15) is 49.5 Å². The van der Waals surface area contributed by atoms with E-state index in [1.807, 2.05) is 0 Å². The topological polar surface area (TPSA) is 445 Å². The number of hydrogen-bond donors (Lipinski definition) is 12. The summed E-state index contributed by atoms with van der Waals surface area (Å²) in [7, 11) is -0.972. The number of ether oxygens (including phenoxy) is 4. The number of rotatable bonds is 27. The molecule has 0 saturated heterocycles. The molecule has 0 atom stereocenters. The molecule has 4 amide bonds. The summed E-state index contributed by atoms with van der Waals surface area (Å²) in [5.41, 5.74) is -0.868. The van der Waals surface area contributed by atoms with Gasteiger partial charge in [0.25, 0.3) is 40.7 Å². The Hall–Kier alpha value is -7.26. The largest absolute Gasteiger partial charge is 0.495 e. The Labute approximate surface area is 442 Å². The van der Waals surface area contributed by atoms with E-state index >= 15 is 0 Å². The average molecular weight is 1080 g/mol. The summed E-state index contributed by atoms with van der Waals surface area (Å²) in [6.45, 7) is 3.64. The van der Waals surface area contributed by atoms with Gasteiger partial charge in [0.2, 0.25) is 0 Å². The third-order valence-corrected chi connectivity index (χ3v) is 9.95. The number of nitrogens with zero attached hydrogens (tertiary/aromatic N) is 3. The summed E-state index contributed by atoms with van der Waals surface area (Å²) in [5, 5.41) is 115. The molecule has 0 saturated carbocycles. The van der Waals surface area contributed by atoms with Gasteiger partial charge in [-0.05, 0) is 78.5 Å². The molecule has 77 heavy (non-hydrogen) atoms. The lowest BCUT2D eigenvalue weighted by molar-refractivity contribution is -0.385. The molecular weight excluding hydrogens is 1020 g/mol. The molecule has 4 aromatic rings. The normalized spacial score (nSPS) is 10.1. The summed E-state index contributed by atoms with van der Waals surface area (Å²) >= 11 is 0. The van der Waals surface area contributed by atoms with Gasteiger partial charge in [0.15, 0.2) is 0 Å². The maximum absolute atomic E-state index is 11.9. The predicted molar refractivity (Wildman–Crippen MR) is 280 cm³/mol. The molecule has 33 heteroatoms. The molecule has 0 radical (unpaired) electrons. The average Bonchev–Trinajstić information content (AvgIpc) is 3.41. The molecule has 4 rings (SSSR count). The number of nitro benzene ring substituents is 3. The van der Waals surface area contributed by atoms with E-state index in [0.29, 0.717) is 82.9 Å². The first-order valence-corrected chi connectivity index (χ1v) is 23.0. The fraction of sp³-hybridized carbons (Fsp3) is 0.364. The van der Waals surface area contributed by atoms with Gasteiger partial charge in [-0.2, -0.15) is 0 Å². The minimum atomic E-state index is -2.02. The number of carbonyl (C=O) groups is 4. The Morgan fingerprint density at radius 2 is 0.818 bits per heavy atom.